The Morgan fingerprint density at radius 3 is 2.50 bits per heavy atom. The van der Waals surface area contributed by atoms with Crippen molar-refractivity contribution in [3.8, 4) is 11.5 Å². The van der Waals surface area contributed by atoms with Crippen LogP contribution in [0.5, 0.6) is 11.5 Å². The standard InChI is InChI=1S/C23H35NO3Si/c1-23-12-11-16-17(19(23)9-10-22(23)24-26-3)8-7-15-13-21(27-28(4,5)6)20(25-2)14-18(15)16/h13-14,16-17,19H,7-12H2,1-6H3/b24-22+. The number of oxime groups is 1. The Labute approximate surface area is 170 Å². The van der Waals surface area contributed by atoms with Crippen molar-refractivity contribution >= 4 is 14.0 Å². The molecule has 4 rings (SSSR count). The van der Waals surface area contributed by atoms with Crippen molar-refractivity contribution in [1.29, 1.82) is 0 Å². The molecule has 1 aromatic rings. The van der Waals surface area contributed by atoms with Gasteiger partial charge in [-0.15, -0.1) is 0 Å². The molecule has 4 unspecified atom stereocenters. The zero-order chi connectivity index (χ0) is 20.1. The van der Waals surface area contributed by atoms with Gasteiger partial charge in [0.2, 0.25) is 8.32 Å². The predicted molar refractivity (Wildman–Crippen MR) is 116 cm³/mol. The summed E-state index contributed by atoms with van der Waals surface area (Å²) in [4.78, 5) is 5.18. The van der Waals surface area contributed by atoms with Crippen LogP contribution >= 0.6 is 0 Å². The summed E-state index contributed by atoms with van der Waals surface area (Å²) in [6.45, 7) is 9.11. The molecule has 3 aliphatic rings. The summed E-state index contributed by atoms with van der Waals surface area (Å²) < 4.78 is 12.1. The van der Waals surface area contributed by atoms with Crippen molar-refractivity contribution in [3.05, 3.63) is 23.3 Å². The molecule has 0 aliphatic heterocycles. The minimum atomic E-state index is -1.67. The number of rotatable bonds is 4. The van der Waals surface area contributed by atoms with Crippen molar-refractivity contribution < 1.29 is 14.0 Å². The highest BCUT2D eigenvalue weighted by molar-refractivity contribution is 6.70. The average Bonchev–Trinajstić information content (AvgIpc) is 2.96. The number of nitrogens with zero attached hydrogens (tertiary/aromatic N) is 1. The zero-order valence-corrected chi connectivity index (χ0v) is 19.3. The second-order valence-electron chi connectivity index (χ2n) is 10.0. The Kier molecular flexibility index (Phi) is 5.01. The number of hydrogen-bond donors (Lipinski definition) is 0. The monoisotopic (exact) mass is 401 g/mol. The minimum Gasteiger partial charge on any atom is -0.542 e. The average molecular weight is 402 g/mol. The van der Waals surface area contributed by atoms with Gasteiger partial charge in [-0.2, -0.15) is 0 Å². The van der Waals surface area contributed by atoms with Gasteiger partial charge in [0.15, 0.2) is 5.75 Å². The van der Waals surface area contributed by atoms with Crippen LogP contribution in [0.15, 0.2) is 17.3 Å². The molecule has 0 aromatic heterocycles. The van der Waals surface area contributed by atoms with Crippen LogP contribution in [-0.2, 0) is 11.3 Å². The van der Waals surface area contributed by atoms with E-state index in [1.54, 1.807) is 14.2 Å². The fourth-order valence-corrected chi connectivity index (χ4v) is 7.02. The van der Waals surface area contributed by atoms with Gasteiger partial charge in [0, 0.05) is 5.41 Å². The molecule has 2 saturated carbocycles. The molecule has 0 radical (unpaired) electrons. The van der Waals surface area contributed by atoms with Gasteiger partial charge >= 0.3 is 0 Å². The van der Waals surface area contributed by atoms with Gasteiger partial charge in [0.1, 0.15) is 12.9 Å². The molecular formula is C23H35NO3Si. The van der Waals surface area contributed by atoms with Gasteiger partial charge in [-0.25, -0.2) is 0 Å². The van der Waals surface area contributed by atoms with Crippen LogP contribution in [0.1, 0.15) is 56.1 Å². The summed E-state index contributed by atoms with van der Waals surface area (Å²) in [5, 5.41) is 4.42. The first-order valence-electron chi connectivity index (χ1n) is 10.8. The van der Waals surface area contributed by atoms with Gasteiger partial charge < -0.3 is 14.0 Å². The summed E-state index contributed by atoms with van der Waals surface area (Å²) in [6, 6.07) is 4.58. The highest BCUT2D eigenvalue weighted by Gasteiger charge is 2.53. The molecule has 0 saturated heterocycles. The summed E-state index contributed by atoms with van der Waals surface area (Å²) in [6.07, 6.45) is 7.20. The van der Waals surface area contributed by atoms with E-state index in [1.807, 2.05) is 0 Å². The molecule has 1 aromatic carbocycles. The van der Waals surface area contributed by atoms with Crippen molar-refractivity contribution in [3.63, 3.8) is 0 Å². The lowest BCUT2D eigenvalue weighted by Gasteiger charge is -2.49. The number of methoxy groups -OCH3 is 1. The Morgan fingerprint density at radius 2 is 1.82 bits per heavy atom. The lowest BCUT2D eigenvalue weighted by molar-refractivity contribution is 0.0923. The highest BCUT2D eigenvalue weighted by Crippen LogP contribution is 2.60. The molecule has 0 heterocycles. The third-order valence-electron chi connectivity index (χ3n) is 7.37. The Morgan fingerprint density at radius 1 is 1.04 bits per heavy atom. The fraction of sp³-hybridized carbons (Fsp3) is 0.696. The van der Waals surface area contributed by atoms with E-state index in [-0.39, 0.29) is 5.41 Å². The second-order valence-corrected chi connectivity index (χ2v) is 14.5. The van der Waals surface area contributed by atoms with Crippen LogP contribution in [0.2, 0.25) is 19.6 Å². The lowest BCUT2D eigenvalue weighted by Crippen LogP contribution is -2.42. The van der Waals surface area contributed by atoms with Gasteiger partial charge in [-0.3, -0.25) is 0 Å². The fourth-order valence-electron chi connectivity index (χ4n) is 6.20. The third-order valence-corrected chi connectivity index (χ3v) is 8.20. The first-order chi connectivity index (χ1) is 13.3. The molecule has 0 N–H and O–H groups in total. The number of ether oxygens (including phenoxy) is 1. The largest absolute Gasteiger partial charge is 0.542 e. The minimum absolute atomic E-state index is 0.222. The lowest BCUT2D eigenvalue weighted by atomic mass is 9.55. The predicted octanol–water partition coefficient (Wildman–Crippen LogP) is 5.77. The molecular weight excluding hydrogens is 366 g/mol. The van der Waals surface area contributed by atoms with Crippen molar-refractivity contribution in [1.82, 2.24) is 0 Å². The third kappa shape index (κ3) is 3.25. The maximum absolute atomic E-state index is 6.34. The zero-order valence-electron chi connectivity index (χ0n) is 18.3. The van der Waals surface area contributed by atoms with Gasteiger partial charge in [-0.05, 0) is 99.2 Å². The Bertz CT molecular complexity index is 785. The molecule has 154 valence electrons. The number of benzene rings is 1. The van der Waals surface area contributed by atoms with Gasteiger partial charge in [0.25, 0.3) is 0 Å². The van der Waals surface area contributed by atoms with E-state index in [4.69, 9.17) is 14.0 Å². The summed E-state index contributed by atoms with van der Waals surface area (Å²) in [7, 11) is 1.77. The van der Waals surface area contributed by atoms with Gasteiger partial charge in [0.05, 0.1) is 12.8 Å². The quantitative estimate of drug-likeness (QED) is 0.475. The van der Waals surface area contributed by atoms with Crippen LogP contribution in [0.3, 0.4) is 0 Å². The normalized spacial score (nSPS) is 33.1. The van der Waals surface area contributed by atoms with E-state index in [2.05, 4.69) is 43.9 Å². The van der Waals surface area contributed by atoms with E-state index in [0.29, 0.717) is 5.92 Å². The van der Waals surface area contributed by atoms with Crippen molar-refractivity contribution in [2.45, 2.75) is 71.0 Å². The topological polar surface area (TPSA) is 40.0 Å². The molecule has 5 heteroatoms. The molecule has 2 fully saturated rings. The van der Waals surface area contributed by atoms with Crippen molar-refractivity contribution in [2.75, 3.05) is 14.2 Å². The van der Waals surface area contributed by atoms with Crippen LogP contribution < -0.4 is 9.16 Å². The smallest absolute Gasteiger partial charge is 0.242 e. The van der Waals surface area contributed by atoms with Crippen LogP contribution in [0.4, 0.5) is 0 Å². The second kappa shape index (κ2) is 7.08. The first-order valence-corrected chi connectivity index (χ1v) is 14.2. The SMILES string of the molecule is CO/N=C1\CCC2C3CCc4cc(O[Si](C)(C)C)c(OC)cc4C3CCC12C. The summed E-state index contributed by atoms with van der Waals surface area (Å²) >= 11 is 0. The Balaban J connectivity index is 1.67. The van der Waals surface area contributed by atoms with E-state index in [0.717, 1.165) is 36.2 Å². The molecule has 0 bridgehead atoms. The van der Waals surface area contributed by atoms with Gasteiger partial charge in [-0.1, -0.05) is 12.1 Å². The molecule has 4 atom stereocenters. The van der Waals surface area contributed by atoms with Crippen LogP contribution in [0, 0.1) is 17.3 Å². The number of fused-ring (bicyclic) bond motifs is 5. The maximum atomic E-state index is 6.34. The first kappa shape index (κ1) is 19.8. The van der Waals surface area contributed by atoms with E-state index in [1.165, 1.54) is 42.5 Å². The van der Waals surface area contributed by atoms with E-state index < -0.39 is 8.32 Å². The van der Waals surface area contributed by atoms with Crippen LogP contribution in [0.25, 0.3) is 0 Å². The Hall–Kier alpha value is -1.49. The molecule has 0 spiro atoms. The maximum Gasteiger partial charge on any atom is 0.242 e. The molecule has 3 aliphatic carbocycles. The van der Waals surface area contributed by atoms with Crippen LogP contribution in [-0.4, -0.2) is 28.2 Å². The highest BCUT2D eigenvalue weighted by atomic mass is 28.4. The number of hydrogen-bond acceptors (Lipinski definition) is 4. The summed E-state index contributed by atoms with van der Waals surface area (Å²) in [5.74, 6) is 3.94. The molecule has 28 heavy (non-hydrogen) atoms. The van der Waals surface area contributed by atoms with E-state index >= 15 is 0 Å². The molecule has 0 amide bonds. The summed E-state index contributed by atoms with van der Waals surface area (Å²) in [5.41, 5.74) is 4.50. The van der Waals surface area contributed by atoms with Crippen molar-refractivity contribution in [2.24, 2.45) is 22.4 Å². The molecule has 4 nitrogen and oxygen atoms in total. The number of aryl methyl sites for hydroxylation is 1. The van der Waals surface area contributed by atoms with E-state index in [9.17, 15) is 0 Å².